The molecule has 0 radical (unpaired) electrons. The summed E-state index contributed by atoms with van der Waals surface area (Å²) < 4.78 is 19.7. The Bertz CT molecular complexity index is 1080. The lowest BCUT2D eigenvalue weighted by molar-refractivity contribution is -0.124. The molecule has 186 valence electrons. The number of carbonyl (C=O) groups excluding carboxylic acids is 2. The van der Waals surface area contributed by atoms with Crippen LogP contribution in [0.5, 0.6) is 5.75 Å². The molecule has 35 heavy (non-hydrogen) atoms. The molecule has 2 aromatic rings. The van der Waals surface area contributed by atoms with Crippen LogP contribution in [0.3, 0.4) is 0 Å². The van der Waals surface area contributed by atoms with Gasteiger partial charge in [0.25, 0.3) is 11.8 Å². The molecule has 2 aromatic carbocycles. The molecule has 1 saturated heterocycles. The van der Waals surface area contributed by atoms with Crippen molar-refractivity contribution < 1.29 is 23.9 Å². The molecule has 0 saturated carbocycles. The van der Waals surface area contributed by atoms with Crippen LogP contribution in [-0.4, -0.2) is 58.7 Å². The first-order valence-electron chi connectivity index (χ1n) is 12.2. The zero-order valence-corrected chi connectivity index (χ0v) is 20.0. The Labute approximate surface area is 205 Å². The fourth-order valence-electron chi connectivity index (χ4n) is 4.76. The number of hydroxylamine groups is 1. The second-order valence-electron chi connectivity index (χ2n) is 9.14. The summed E-state index contributed by atoms with van der Waals surface area (Å²) in [6.07, 6.45) is 6.87. The van der Waals surface area contributed by atoms with E-state index in [2.05, 4.69) is 11.8 Å². The summed E-state index contributed by atoms with van der Waals surface area (Å²) in [7, 11) is 0. The van der Waals surface area contributed by atoms with E-state index in [1.165, 1.54) is 18.2 Å². The highest BCUT2D eigenvalue weighted by Gasteiger charge is 2.48. The predicted octanol–water partition coefficient (Wildman–Crippen LogP) is 4.01. The summed E-state index contributed by atoms with van der Waals surface area (Å²) in [5, 5.41) is 8.68. The first-order chi connectivity index (χ1) is 16.9. The molecule has 2 N–H and O–H groups in total. The minimum Gasteiger partial charge on any atom is -0.467 e. The van der Waals surface area contributed by atoms with Gasteiger partial charge in [0.15, 0.2) is 5.72 Å². The highest BCUT2D eigenvalue weighted by molar-refractivity contribution is 5.99. The van der Waals surface area contributed by atoms with Crippen molar-refractivity contribution in [3.05, 3.63) is 71.0 Å². The molecule has 0 aliphatic carbocycles. The number of fused-ring (bicyclic) bond motifs is 1. The first kappa shape index (κ1) is 24.9. The van der Waals surface area contributed by atoms with Gasteiger partial charge in [0.1, 0.15) is 11.6 Å². The number of nitrogens with zero attached hydrogens (tertiary/aromatic N) is 2. The molecule has 0 atom stereocenters. The summed E-state index contributed by atoms with van der Waals surface area (Å²) in [6, 6.07) is 11.9. The molecular weight excluding hydrogens is 449 g/mol. The number of likely N-dealkylation sites (tertiary alicyclic amines) is 1. The molecular formula is C27H32FN3O4. The average molecular weight is 482 g/mol. The topological polar surface area (TPSA) is 82.1 Å². The van der Waals surface area contributed by atoms with Crippen LogP contribution in [-0.2, 0) is 11.2 Å². The second kappa shape index (κ2) is 11.0. The number of hydrogen-bond acceptors (Lipinski definition) is 5. The van der Waals surface area contributed by atoms with Crippen LogP contribution in [0.4, 0.5) is 4.39 Å². The van der Waals surface area contributed by atoms with Gasteiger partial charge in [-0.3, -0.25) is 14.8 Å². The molecule has 1 spiro atoms. The SMILES string of the molecule is CCCCN1C(=O)c2cc(/C=C/C(=O)NO)ccc2OC12CCN(CCc1ccc(F)cc1)CC2. The van der Waals surface area contributed by atoms with Crippen LogP contribution in [0.2, 0.25) is 0 Å². The van der Waals surface area contributed by atoms with Gasteiger partial charge in [0.05, 0.1) is 5.56 Å². The van der Waals surface area contributed by atoms with Gasteiger partial charge in [-0.25, -0.2) is 9.87 Å². The maximum atomic E-state index is 13.6. The molecule has 2 aliphatic rings. The molecule has 7 nitrogen and oxygen atoms in total. The molecule has 2 amide bonds. The van der Waals surface area contributed by atoms with Gasteiger partial charge in [0, 0.05) is 45.1 Å². The molecule has 1 fully saturated rings. The number of unbranched alkanes of at least 4 members (excludes halogenated alkanes) is 1. The van der Waals surface area contributed by atoms with Crippen LogP contribution in [0, 0.1) is 5.82 Å². The highest BCUT2D eigenvalue weighted by Crippen LogP contribution is 2.40. The zero-order valence-electron chi connectivity index (χ0n) is 20.0. The quantitative estimate of drug-likeness (QED) is 0.338. The van der Waals surface area contributed by atoms with Gasteiger partial charge in [-0.1, -0.05) is 31.5 Å². The van der Waals surface area contributed by atoms with Gasteiger partial charge in [0.2, 0.25) is 0 Å². The van der Waals surface area contributed by atoms with Gasteiger partial charge < -0.3 is 14.5 Å². The van der Waals surface area contributed by atoms with Crippen LogP contribution in [0.25, 0.3) is 6.08 Å². The fraction of sp³-hybridized carbons (Fsp3) is 0.407. The number of halogens is 1. The van der Waals surface area contributed by atoms with Crippen molar-refractivity contribution in [2.75, 3.05) is 26.2 Å². The van der Waals surface area contributed by atoms with Crippen molar-refractivity contribution in [3.8, 4) is 5.75 Å². The van der Waals surface area contributed by atoms with Crippen LogP contribution in [0.15, 0.2) is 48.5 Å². The summed E-state index contributed by atoms with van der Waals surface area (Å²) in [4.78, 5) is 29.2. The Morgan fingerprint density at radius 2 is 1.91 bits per heavy atom. The van der Waals surface area contributed by atoms with Crippen LogP contribution < -0.4 is 10.2 Å². The van der Waals surface area contributed by atoms with Crippen molar-refractivity contribution in [2.24, 2.45) is 0 Å². The van der Waals surface area contributed by atoms with Gasteiger partial charge in [-0.2, -0.15) is 0 Å². The monoisotopic (exact) mass is 481 g/mol. The molecule has 2 heterocycles. The van der Waals surface area contributed by atoms with Crippen LogP contribution >= 0.6 is 0 Å². The second-order valence-corrected chi connectivity index (χ2v) is 9.14. The van der Waals surface area contributed by atoms with Crippen LogP contribution in [0.1, 0.15) is 54.1 Å². The van der Waals surface area contributed by atoms with Crippen molar-refractivity contribution >= 4 is 17.9 Å². The smallest absolute Gasteiger partial charge is 0.267 e. The Balaban J connectivity index is 1.48. The third-order valence-electron chi connectivity index (χ3n) is 6.81. The van der Waals surface area contributed by atoms with E-state index in [1.54, 1.807) is 29.8 Å². The fourth-order valence-corrected chi connectivity index (χ4v) is 4.76. The lowest BCUT2D eigenvalue weighted by atomic mass is 9.93. The van der Waals surface area contributed by atoms with E-state index in [1.807, 2.05) is 17.0 Å². The normalized spacial score (nSPS) is 17.5. The van der Waals surface area contributed by atoms with E-state index in [9.17, 15) is 14.0 Å². The summed E-state index contributed by atoms with van der Waals surface area (Å²) in [6.45, 7) is 5.21. The van der Waals surface area contributed by atoms with Gasteiger partial charge in [-0.05, 0) is 54.3 Å². The van der Waals surface area contributed by atoms with E-state index in [-0.39, 0.29) is 11.7 Å². The number of hydrogen-bond donors (Lipinski definition) is 2. The largest absolute Gasteiger partial charge is 0.467 e. The molecule has 2 aliphatic heterocycles. The zero-order chi connectivity index (χ0) is 24.8. The number of rotatable bonds is 8. The van der Waals surface area contributed by atoms with Gasteiger partial charge in [-0.15, -0.1) is 0 Å². The van der Waals surface area contributed by atoms with E-state index in [0.717, 1.165) is 44.5 Å². The Morgan fingerprint density at radius 3 is 2.60 bits per heavy atom. The van der Waals surface area contributed by atoms with Crippen molar-refractivity contribution in [1.29, 1.82) is 0 Å². The first-order valence-corrected chi connectivity index (χ1v) is 12.2. The number of ether oxygens (including phenoxy) is 1. The highest BCUT2D eigenvalue weighted by atomic mass is 19.1. The summed E-state index contributed by atoms with van der Waals surface area (Å²) >= 11 is 0. The number of amides is 2. The standard InChI is InChI=1S/C27H32FN3O4/c1-2-3-15-31-26(33)23-19-21(7-11-25(32)29-34)6-10-24(23)35-27(31)13-17-30(18-14-27)16-12-20-4-8-22(28)9-5-20/h4-11,19,34H,2-3,12-18H2,1H3,(H,29,32)/b11-7+. The van der Waals surface area contributed by atoms with E-state index in [4.69, 9.17) is 9.94 Å². The number of benzene rings is 2. The van der Waals surface area contributed by atoms with Crippen molar-refractivity contribution in [2.45, 2.75) is 44.8 Å². The Morgan fingerprint density at radius 1 is 1.17 bits per heavy atom. The molecule has 8 heteroatoms. The van der Waals surface area contributed by atoms with E-state index in [0.29, 0.717) is 36.3 Å². The summed E-state index contributed by atoms with van der Waals surface area (Å²) in [5.41, 5.74) is 3.15. The Kier molecular flexibility index (Phi) is 7.83. The maximum Gasteiger partial charge on any atom is 0.267 e. The maximum absolute atomic E-state index is 13.6. The number of carbonyl (C=O) groups is 2. The van der Waals surface area contributed by atoms with Gasteiger partial charge >= 0.3 is 0 Å². The third kappa shape index (κ3) is 5.71. The van der Waals surface area contributed by atoms with E-state index < -0.39 is 11.6 Å². The number of piperidine rings is 1. The van der Waals surface area contributed by atoms with Crippen molar-refractivity contribution in [1.82, 2.24) is 15.3 Å². The molecule has 0 unspecified atom stereocenters. The molecule has 0 aromatic heterocycles. The van der Waals surface area contributed by atoms with E-state index >= 15 is 0 Å². The Hall–Kier alpha value is -3.23. The molecule has 4 rings (SSSR count). The lowest BCUT2D eigenvalue weighted by Gasteiger charge is -2.51. The summed E-state index contributed by atoms with van der Waals surface area (Å²) in [5.74, 6) is -0.355. The number of nitrogens with one attached hydrogen (secondary N) is 1. The van der Waals surface area contributed by atoms with Crippen molar-refractivity contribution in [3.63, 3.8) is 0 Å². The lowest BCUT2D eigenvalue weighted by Crippen LogP contribution is -2.63. The minimum atomic E-state index is -0.667. The average Bonchev–Trinajstić information content (AvgIpc) is 2.88. The molecule has 0 bridgehead atoms. The minimum absolute atomic E-state index is 0.0543. The predicted molar refractivity (Wildman–Crippen MR) is 130 cm³/mol. The third-order valence-corrected chi connectivity index (χ3v) is 6.81.